The maximum atomic E-state index is 13.4. The van der Waals surface area contributed by atoms with E-state index in [-0.39, 0.29) is 36.4 Å². The lowest BCUT2D eigenvalue weighted by Gasteiger charge is -2.28. The van der Waals surface area contributed by atoms with Gasteiger partial charge < -0.3 is 20.5 Å². The Bertz CT molecular complexity index is 1090. The van der Waals surface area contributed by atoms with Crippen molar-refractivity contribution >= 4 is 23.0 Å². The van der Waals surface area contributed by atoms with Gasteiger partial charge in [-0.2, -0.15) is 5.10 Å². The molecule has 0 unspecified atom stereocenters. The second-order valence-corrected chi connectivity index (χ2v) is 9.17. The number of nitrogens with one attached hydrogen (secondary N) is 3. The summed E-state index contributed by atoms with van der Waals surface area (Å²) in [5.74, 6) is -0.921. The molecule has 1 amide bonds. The van der Waals surface area contributed by atoms with Gasteiger partial charge in [-0.3, -0.25) is 14.9 Å². The summed E-state index contributed by atoms with van der Waals surface area (Å²) in [6.07, 6.45) is -0.551. The number of amides is 1. The summed E-state index contributed by atoms with van der Waals surface area (Å²) in [4.78, 5) is 21.8. The van der Waals surface area contributed by atoms with Gasteiger partial charge in [-0.25, -0.2) is 9.82 Å². The lowest BCUT2D eigenvalue weighted by molar-refractivity contribution is -0.386. The molecular weight excluding hydrogens is 457 g/mol. The number of halogens is 1. The number of benzene rings is 2. The molecule has 35 heavy (non-hydrogen) atoms. The molecule has 0 radical (unpaired) electrons. The van der Waals surface area contributed by atoms with Gasteiger partial charge in [-0.1, -0.05) is 19.1 Å². The maximum absolute atomic E-state index is 13.4. The monoisotopic (exact) mass is 487 g/mol. The molecule has 2 aromatic rings. The van der Waals surface area contributed by atoms with E-state index in [4.69, 9.17) is 4.74 Å². The molecule has 0 spiro atoms. The first-order valence-corrected chi connectivity index (χ1v) is 11.2. The van der Waals surface area contributed by atoms with Gasteiger partial charge in [-0.15, -0.1) is 0 Å². The van der Waals surface area contributed by atoms with Crippen LogP contribution in [0, 0.1) is 21.8 Å². The Morgan fingerprint density at radius 3 is 2.69 bits per heavy atom. The van der Waals surface area contributed by atoms with Gasteiger partial charge in [0, 0.05) is 48.8 Å². The summed E-state index contributed by atoms with van der Waals surface area (Å²) in [5, 5.41) is 32.0. The first kappa shape index (κ1) is 26.0. The van der Waals surface area contributed by atoms with E-state index in [1.54, 1.807) is 0 Å². The summed E-state index contributed by atoms with van der Waals surface area (Å²) < 4.78 is 18.7. The van der Waals surface area contributed by atoms with Crippen LogP contribution < -0.4 is 20.8 Å². The number of nitro benzene ring substituents is 1. The number of ether oxygens (including phenoxy) is 1. The predicted molar refractivity (Wildman–Crippen MR) is 130 cm³/mol. The van der Waals surface area contributed by atoms with Gasteiger partial charge in [0.2, 0.25) is 5.91 Å². The molecule has 0 saturated heterocycles. The van der Waals surface area contributed by atoms with Crippen LogP contribution in [0.5, 0.6) is 5.75 Å². The molecule has 11 heteroatoms. The van der Waals surface area contributed by atoms with Crippen molar-refractivity contribution < 1.29 is 24.0 Å². The van der Waals surface area contributed by atoms with Crippen molar-refractivity contribution in [3.8, 4) is 5.75 Å². The van der Waals surface area contributed by atoms with Gasteiger partial charge in [0.1, 0.15) is 18.5 Å². The fourth-order valence-electron chi connectivity index (χ4n) is 3.54. The van der Waals surface area contributed by atoms with Crippen molar-refractivity contribution in [2.45, 2.75) is 38.8 Å². The van der Waals surface area contributed by atoms with Gasteiger partial charge in [-0.05, 0) is 37.6 Å². The van der Waals surface area contributed by atoms with E-state index >= 15 is 0 Å². The number of aliphatic hydroxyl groups excluding tert-OH is 1. The Kier molecular flexibility index (Phi) is 8.36. The molecule has 0 saturated carbocycles. The highest BCUT2D eigenvalue weighted by Gasteiger charge is 2.23. The van der Waals surface area contributed by atoms with E-state index in [0.29, 0.717) is 13.0 Å². The van der Waals surface area contributed by atoms with Crippen molar-refractivity contribution in [3.05, 3.63) is 64.0 Å². The molecule has 0 aromatic heterocycles. The van der Waals surface area contributed by atoms with E-state index in [0.717, 1.165) is 35.2 Å². The zero-order valence-corrected chi connectivity index (χ0v) is 19.9. The number of nitrogens with zero attached hydrogens (tertiary/aromatic N) is 2. The summed E-state index contributed by atoms with van der Waals surface area (Å²) in [5.41, 5.74) is 4.44. The molecule has 1 aliphatic rings. The van der Waals surface area contributed by atoms with Crippen LogP contribution in [0.4, 0.5) is 15.8 Å². The van der Waals surface area contributed by atoms with Crippen LogP contribution in [0.1, 0.15) is 32.8 Å². The highest BCUT2D eigenvalue weighted by molar-refractivity contribution is 6.05. The van der Waals surface area contributed by atoms with Crippen molar-refractivity contribution in [2.24, 2.45) is 11.0 Å². The number of carbonyl (C=O) groups excluding carboxylic acids is 1. The first-order chi connectivity index (χ1) is 16.5. The van der Waals surface area contributed by atoms with E-state index in [1.165, 1.54) is 0 Å². The molecule has 3 rings (SSSR count). The van der Waals surface area contributed by atoms with E-state index < -0.39 is 22.4 Å². The number of hydrazone groups is 1. The topological polar surface area (TPSA) is 138 Å². The van der Waals surface area contributed by atoms with Crippen LogP contribution >= 0.6 is 0 Å². The van der Waals surface area contributed by atoms with Crippen LogP contribution in [0.2, 0.25) is 0 Å². The standard InChI is InChI=1S/C24H30FN5O5/c1-15-10-22(32)28-29-23(15)16-4-7-18(8-5-16)26-14-24(2,3)27-12-19(31)13-35-21-11-17(25)6-9-20(21)30(33)34/h4-9,11,15,19,26-27,31H,10,12-14H2,1-3H3,(H,28,32)/t15-,19+/m1/s1. The minimum absolute atomic E-state index is 0.0492. The third-order valence-electron chi connectivity index (χ3n) is 5.54. The number of hydrogen-bond donors (Lipinski definition) is 4. The Morgan fingerprint density at radius 1 is 1.31 bits per heavy atom. The van der Waals surface area contributed by atoms with Crippen LogP contribution in [-0.2, 0) is 4.79 Å². The molecule has 0 fully saturated rings. The number of rotatable bonds is 11. The van der Waals surface area contributed by atoms with Crippen molar-refractivity contribution in [2.75, 3.05) is 25.0 Å². The Balaban J connectivity index is 1.46. The van der Waals surface area contributed by atoms with Crippen molar-refractivity contribution in [1.82, 2.24) is 10.7 Å². The Morgan fingerprint density at radius 2 is 2.03 bits per heavy atom. The summed E-state index contributed by atoms with van der Waals surface area (Å²) in [6, 6.07) is 10.7. The maximum Gasteiger partial charge on any atom is 0.311 e. The molecular formula is C24H30FN5O5. The van der Waals surface area contributed by atoms with Gasteiger partial charge in [0.15, 0.2) is 5.75 Å². The molecule has 10 nitrogen and oxygen atoms in total. The van der Waals surface area contributed by atoms with E-state index in [1.807, 2.05) is 45.0 Å². The molecule has 188 valence electrons. The third kappa shape index (κ3) is 7.46. The van der Waals surface area contributed by atoms with Crippen LogP contribution in [0.15, 0.2) is 47.6 Å². The fraction of sp³-hybridized carbons (Fsp3) is 0.417. The second kappa shape index (κ2) is 11.2. The molecule has 1 aliphatic heterocycles. The summed E-state index contributed by atoms with van der Waals surface area (Å²) >= 11 is 0. The Hall–Kier alpha value is -3.57. The zero-order valence-electron chi connectivity index (χ0n) is 19.9. The fourth-order valence-corrected chi connectivity index (χ4v) is 3.54. The first-order valence-electron chi connectivity index (χ1n) is 11.2. The van der Waals surface area contributed by atoms with Crippen molar-refractivity contribution in [1.29, 1.82) is 0 Å². The minimum Gasteiger partial charge on any atom is -0.484 e. The zero-order chi connectivity index (χ0) is 25.6. The van der Waals surface area contributed by atoms with Crippen molar-refractivity contribution in [3.63, 3.8) is 0 Å². The normalized spacial score (nSPS) is 16.8. The SMILES string of the molecule is C[C@@H]1CC(=O)NN=C1c1ccc(NCC(C)(C)NC[C@H](O)COc2cc(F)ccc2[N+](=O)[O-])cc1. The van der Waals surface area contributed by atoms with Gasteiger partial charge >= 0.3 is 5.69 Å². The molecule has 1 heterocycles. The highest BCUT2D eigenvalue weighted by Crippen LogP contribution is 2.27. The molecule has 0 bridgehead atoms. The predicted octanol–water partition coefficient (Wildman–Crippen LogP) is 2.81. The van der Waals surface area contributed by atoms with Crippen LogP contribution in [-0.4, -0.2) is 53.0 Å². The number of anilines is 1. The lowest BCUT2D eigenvalue weighted by Crippen LogP contribution is -2.49. The smallest absolute Gasteiger partial charge is 0.311 e. The molecule has 2 aromatic carbocycles. The largest absolute Gasteiger partial charge is 0.484 e. The number of nitro groups is 1. The number of β-amino-alcohol motifs (C(OH)–C–C–N with tert-alkyl or cyclic N) is 1. The van der Waals surface area contributed by atoms with Crippen LogP contribution in [0.25, 0.3) is 0 Å². The van der Waals surface area contributed by atoms with Gasteiger partial charge in [0.05, 0.1) is 10.6 Å². The average molecular weight is 488 g/mol. The van der Waals surface area contributed by atoms with Crippen LogP contribution in [0.3, 0.4) is 0 Å². The minimum atomic E-state index is -0.963. The Labute approximate surface area is 202 Å². The third-order valence-corrected chi connectivity index (χ3v) is 5.54. The molecule has 0 aliphatic carbocycles. The average Bonchev–Trinajstić information content (AvgIpc) is 2.80. The highest BCUT2D eigenvalue weighted by atomic mass is 19.1. The number of carbonyl (C=O) groups is 1. The lowest BCUT2D eigenvalue weighted by atomic mass is 9.94. The van der Waals surface area contributed by atoms with Gasteiger partial charge in [0.25, 0.3) is 0 Å². The van der Waals surface area contributed by atoms with E-state index in [2.05, 4.69) is 21.2 Å². The van der Waals surface area contributed by atoms with E-state index in [9.17, 15) is 24.4 Å². The quantitative estimate of drug-likeness (QED) is 0.282. The summed E-state index contributed by atoms with van der Waals surface area (Å²) in [6.45, 7) is 6.37. The molecule has 2 atom stereocenters. The summed E-state index contributed by atoms with van der Waals surface area (Å²) in [7, 11) is 0. The second-order valence-electron chi connectivity index (χ2n) is 9.17. The molecule has 4 N–H and O–H groups in total. The number of hydrogen-bond acceptors (Lipinski definition) is 8. The number of aliphatic hydroxyl groups is 1.